The van der Waals surface area contributed by atoms with Gasteiger partial charge in [0, 0.05) is 23.6 Å². The summed E-state index contributed by atoms with van der Waals surface area (Å²) in [6.45, 7) is 14.6. The summed E-state index contributed by atoms with van der Waals surface area (Å²) < 4.78 is 14.3. The van der Waals surface area contributed by atoms with E-state index in [4.69, 9.17) is 9.47 Å². The monoisotopic (exact) mass is 364 g/mol. The first kappa shape index (κ1) is 19.4. The third-order valence-corrected chi connectivity index (χ3v) is 5.86. The van der Waals surface area contributed by atoms with E-state index < -0.39 is 11.9 Å². The van der Waals surface area contributed by atoms with E-state index in [1.165, 1.54) is 4.57 Å². The molecule has 6 heteroatoms. The van der Waals surface area contributed by atoms with Crippen molar-refractivity contribution in [1.82, 2.24) is 9.55 Å². The van der Waals surface area contributed by atoms with Crippen LogP contribution in [0, 0.1) is 17.8 Å². The third-order valence-electron chi connectivity index (χ3n) is 5.86. The van der Waals surface area contributed by atoms with Gasteiger partial charge in [0.1, 0.15) is 6.23 Å². The number of ether oxygens (including phenoxy) is 2. The first-order valence-electron chi connectivity index (χ1n) is 9.49. The molecular formula is C20H32N2O4. The summed E-state index contributed by atoms with van der Waals surface area (Å²) >= 11 is 0. The van der Waals surface area contributed by atoms with Crippen LogP contribution >= 0.6 is 0 Å². The molecular weight excluding hydrogens is 332 g/mol. The average Bonchev–Trinajstić information content (AvgIpc) is 3.19. The number of rotatable bonds is 3. The van der Waals surface area contributed by atoms with E-state index in [1.807, 2.05) is 20.8 Å². The van der Waals surface area contributed by atoms with Gasteiger partial charge in [0.05, 0.1) is 17.8 Å². The molecule has 1 aromatic heterocycles. The minimum atomic E-state index is -0.429. The zero-order valence-electron chi connectivity index (χ0n) is 17.0. The van der Waals surface area contributed by atoms with E-state index in [-0.39, 0.29) is 34.2 Å². The molecule has 1 aliphatic heterocycles. The van der Waals surface area contributed by atoms with Gasteiger partial charge < -0.3 is 9.47 Å². The van der Waals surface area contributed by atoms with Gasteiger partial charge in [-0.3, -0.25) is 14.3 Å². The van der Waals surface area contributed by atoms with Crippen LogP contribution in [0.3, 0.4) is 0 Å². The van der Waals surface area contributed by atoms with E-state index in [0.29, 0.717) is 12.0 Å². The lowest BCUT2D eigenvalue weighted by molar-refractivity contribution is -0.133. The smallest absolute Gasteiger partial charge is 0.330 e. The fourth-order valence-corrected chi connectivity index (χ4v) is 4.26. The van der Waals surface area contributed by atoms with E-state index >= 15 is 0 Å². The predicted molar refractivity (Wildman–Crippen MR) is 100 cm³/mol. The van der Waals surface area contributed by atoms with Gasteiger partial charge in [-0.2, -0.15) is 0 Å². The number of hydrogen-bond acceptors (Lipinski definition) is 4. The minimum Gasteiger partial charge on any atom is -0.370 e. The van der Waals surface area contributed by atoms with Gasteiger partial charge in [0.15, 0.2) is 0 Å². The highest BCUT2D eigenvalue weighted by Gasteiger charge is 2.62. The molecule has 1 saturated carbocycles. The van der Waals surface area contributed by atoms with Gasteiger partial charge in [0.25, 0.3) is 5.56 Å². The Bertz CT molecular complexity index is 790. The molecule has 1 aliphatic carbocycles. The van der Waals surface area contributed by atoms with Crippen molar-refractivity contribution in [2.45, 2.75) is 91.8 Å². The number of aryl methyl sites for hydroxylation is 1. The van der Waals surface area contributed by atoms with Crippen LogP contribution in [0.15, 0.2) is 15.8 Å². The summed E-state index contributed by atoms with van der Waals surface area (Å²) in [7, 11) is 0. The molecule has 1 N–H and O–H groups in total. The number of H-pyrrole nitrogens is 1. The van der Waals surface area contributed by atoms with E-state index in [1.54, 1.807) is 13.1 Å². The molecule has 2 heterocycles. The summed E-state index contributed by atoms with van der Waals surface area (Å²) in [6.07, 6.45) is 3.85. The molecule has 0 aromatic carbocycles. The molecule has 2 fully saturated rings. The number of aromatic amines is 1. The van der Waals surface area contributed by atoms with Gasteiger partial charge in [-0.25, -0.2) is 4.79 Å². The Kier molecular flexibility index (Phi) is 4.51. The van der Waals surface area contributed by atoms with Crippen molar-refractivity contribution >= 4 is 0 Å². The second-order valence-corrected chi connectivity index (χ2v) is 9.90. The molecule has 0 radical (unpaired) electrons. The molecule has 146 valence electrons. The van der Waals surface area contributed by atoms with E-state index in [9.17, 15) is 9.59 Å². The van der Waals surface area contributed by atoms with Crippen molar-refractivity contribution in [2.75, 3.05) is 0 Å². The van der Waals surface area contributed by atoms with Crippen molar-refractivity contribution in [3.63, 3.8) is 0 Å². The van der Waals surface area contributed by atoms with Crippen LogP contribution < -0.4 is 11.2 Å². The third kappa shape index (κ3) is 3.41. The average molecular weight is 364 g/mol. The Labute approximate surface area is 154 Å². The highest BCUT2D eigenvalue weighted by atomic mass is 16.6. The summed E-state index contributed by atoms with van der Waals surface area (Å²) in [5.74, 6) is 0. The SMILES string of the molecule is Cc1cn([C@H]2CC(OC(C)(C)C)[C@@H](C3(C(C)(C)C)CC3)O2)c(=O)[nH]c1=O. The van der Waals surface area contributed by atoms with Crippen LogP contribution in [0.5, 0.6) is 0 Å². The second kappa shape index (κ2) is 6.06. The molecule has 1 aromatic rings. The standard InChI is InChI=1S/C20H32N2O4/c1-12-11-22(17(24)21-16(12)23)14-10-13(26-19(5,6)7)15(25-14)20(8-9-20)18(2,3)4/h11,13-15H,8-10H2,1-7H3,(H,21,23,24)/t13?,14-,15+/m1/s1. The molecule has 3 rings (SSSR count). The highest BCUT2D eigenvalue weighted by Crippen LogP contribution is 2.64. The number of nitrogens with zero attached hydrogens (tertiary/aromatic N) is 1. The lowest BCUT2D eigenvalue weighted by Crippen LogP contribution is -2.43. The number of aromatic nitrogens is 2. The molecule has 6 nitrogen and oxygen atoms in total. The van der Waals surface area contributed by atoms with Gasteiger partial charge in [0.2, 0.25) is 0 Å². The molecule has 0 bridgehead atoms. The van der Waals surface area contributed by atoms with Gasteiger partial charge in [-0.15, -0.1) is 0 Å². The second-order valence-electron chi connectivity index (χ2n) is 9.90. The summed E-state index contributed by atoms with van der Waals surface area (Å²) in [5.41, 5.74) is -0.405. The van der Waals surface area contributed by atoms with Crippen molar-refractivity contribution < 1.29 is 9.47 Å². The van der Waals surface area contributed by atoms with Crippen LogP contribution in [0.2, 0.25) is 0 Å². The van der Waals surface area contributed by atoms with Crippen LogP contribution in [-0.2, 0) is 9.47 Å². The summed E-state index contributed by atoms with van der Waals surface area (Å²) in [5, 5.41) is 0. The van der Waals surface area contributed by atoms with Crippen molar-refractivity contribution in [2.24, 2.45) is 10.8 Å². The number of hydrogen-bond donors (Lipinski definition) is 1. The molecule has 1 saturated heterocycles. The van der Waals surface area contributed by atoms with E-state index in [0.717, 1.165) is 12.8 Å². The van der Waals surface area contributed by atoms with Crippen LogP contribution in [0.4, 0.5) is 0 Å². The normalized spacial score (nSPS) is 28.3. The maximum atomic E-state index is 12.3. The molecule has 0 amide bonds. The lowest BCUT2D eigenvalue weighted by atomic mass is 9.72. The Morgan fingerprint density at radius 1 is 1.19 bits per heavy atom. The molecule has 1 unspecified atom stereocenters. The van der Waals surface area contributed by atoms with E-state index in [2.05, 4.69) is 25.8 Å². The summed E-state index contributed by atoms with van der Waals surface area (Å²) in [4.78, 5) is 26.4. The van der Waals surface area contributed by atoms with Crippen molar-refractivity contribution in [3.8, 4) is 0 Å². The highest BCUT2D eigenvalue weighted by molar-refractivity contribution is 5.11. The first-order chi connectivity index (χ1) is 11.8. The van der Waals surface area contributed by atoms with Gasteiger partial charge in [-0.1, -0.05) is 20.8 Å². The maximum absolute atomic E-state index is 12.3. The Hall–Kier alpha value is -1.40. The molecule has 0 spiro atoms. The Morgan fingerprint density at radius 2 is 1.81 bits per heavy atom. The Balaban J connectivity index is 1.96. The van der Waals surface area contributed by atoms with Crippen molar-refractivity contribution in [3.05, 3.63) is 32.6 Å². The number of nitrogens with one attached hydrogen (secondary N) is 1. The fraction of sp³-hybridized carbons (Fsp3) is 0.800. The van der Waals surface area contributed by atoms with Crippen LogP contribution in [-0.4, -0.2) is 27.4 Å². The molecule has 2 aliphatic rings. The Morgan fingerprint density at radius 3 is 2.31 bits per heavy atom. The molecule has 26 heavy (non-hydrogen) atoms. The minimum absolute atomic E-state index is 0.0640. The lowest BCUT2D eigenvalue weighted by Gasteiger charge is -2.39. The zero-order valence-corrected chi connectivity index (χ0v) is 17.0. The van der Waals surface area contributed by atoms with Gasteiger partial charge >= 0.3 is 5.69 Å². The zero-order chi connectivity index (χ0) is 19.5. The topological polar surface area (TPSA) is 73.3 Å². The molecule has 3 atom stereocenters. The van der Waals surface area contributed by atoms with Crippen molar-refractivity contribution in [1.29, 1.82) is 0 Å². The van der Waals surface area contributed by atoms with Gasteiger partial charge in [-0.05, 0) is 46.0 Å². The largest absolute Gasteiger partial charge is 0.370 e. The quantitative estimate of drug-likeness (QED) is 0.894. The predicted octanol–water partition coefficient (Wildman–Crippen LogP) is 3.14. The maximum Gasteiger partial charge on any atom is 0.330 e. The first-order valence-corrected chi connectivity index (χ1v) is 9.49. The fourth-order valence-electron chi connectivity index (χ4n) is 4.26. The van der Waals surface area contributed by atoms with Crippen LogP contribution in [0.25, 0.3) is 0 Å². The van der Waals surface area contributed by atoms with Crippen LogP contribution in [0.1, 0.15) is 72.6 Å². The summed E-state index contributed by atoms with van der Waals surface area (Å²) in [6, 6.07) is 0.